The maximum Gasteiger partial charge on any atom is 0.295 e. The summed E-state index contributed by atoms with van der Waals surface area (Å²) in [5.41, 5.74) is 8.24. The van der Waals surface area contributed by atoms with E-state index in [-0.39, 0.29) is 5.54 Å². The molecule has 1 saturated carbocycles. The zero-order valence-corrected chi connectivity index (χ0v) is 12.1. The number of nitrogens with zero attached hydrogens (tertiary/aromatic N) is 2. The summed E-state index contributed by atoms with van der Waals surface area (Å²) in [4.78, 5) is 6.78. The van der Waals surface area contributed by atoms with Crippen LogP contribution in [0.2, 0.25) is 0 Å². The molecule has 1 aliphatic carbocycles. The molecule has 0 radical (unpaired) electrons. The Morgan fingerprint density at radius 1 is 1.35 bits per heavy atom. The molecule has 3 N–H and O–H groups in total. The van der Waals surface area contributed by atoms with E-state index in [9.17, 15) is 0 Å². The van der Waals surface area contributed by atoms with Crippen molar-refractivity contribution in [2.75, 3.05) is 31.7 Å². The van der Waals surface area contributed by atoms with Crippen molar-refractivity contribution in [3.05, 3.63) is 18.2 Å². The van der Waals surface area contributed by atoms with Crippen LogP contribution >= 0.6 is 0 Å². The summed E-state index contributed by atoms with van der Waals surface area (Å²) in [6.07, 6.45) is 5.04. The highest BCUT2D eigenvalue weighted by Gasteiger charge is 2.35. The Kier molecular flexibility index (Phi) is 3.30. The number of fused-ring (bicyclic) bond motifs is 1. The molecule has 0 amide bonds. The molecule has 20 heavy (non-hydrogen) atoms. The first-order chi connectivity index (χ1) is 9.59. The van der Waals surface area contributed by atoms with Crippen LogP contribution in [0.1, 0.15) is 25.7 Å². The highest BCUT2D eigenvalue weighted by Crippen LogP contribution is 2.34. The second-order valence-electron chi connectivity index (χ2n) is 5.93. The van der Waals surface area contributed by atoms with Crippen LogP contribution in [0, 0.1) is 0 Å². The lowest BCUT2D eigenvalue weighted by molar-refractivity contribution is 0.171. The minimum absolute atomic E-state index is 0.222. The molecule has 0 atom stereocenters. The predicted molar refractivity (Wildman–Crippen MR) is 81.8 cm³/mol. The maximum absolute atomic E-state index is 5.75. The van der Waals surface area contributed by atoms with E-state index in [1.807, 2.05) is 18.2 Å². The second-order valence-corrected chi connectivity index (χ2v) is 5.93. The second kappa shape index (κ2) is 4.98. The van der Waals surface area contributed by atoms with Crippen LogP contribution in [-0.4, -0.2) is 36.1 Å². The first-order valence-corrected chi connectivity index (χ1v) is 7.16. The molecule has 2 aromatic rings. The third-order valence-electron chi connectivity index (χ3n) is 4.46. The number of nitrogen functional groups attached to an aromatic ring is 1. The van der Waals surface area contributed by atoms with E-state index in [0.29, 0.717) is 11.7 Å². The zero-order valence-electron chi connectivity index (χ0n) is 12.1. The van der Waals surface area contributed by atoms with Gasteiger partial charge in [-0.3, -0.25) is 0 Å². The summed E-state index contributed by atoms with van der Waals surface area (Å²) in [7, 11) is 4.31. The van der Waals surface area contributed by atoms with Crippen molar-refractivity contribution in [1.82, 2.24) is 9.88 Å². The zero-order chi connectivity index (χ0) is 14.2. The fourth-order valence-electron chi connectivity index (χ4n) is 3.07. The van der Waals surface area contributed by atoms with Gasteiger partial charge in [0, 0.05) is 23.8 Å². The average Bonchev–Trinajstić information content (AvgIpc) is 3.02. The van der Waals surface area contributed by atoms with Gasteiger partial charge < -0.3 is 20.4 Å². The predicted octanol–water partition coefficient (Wildman–Crippen LogP) is 2.70. The summed E-state index contributed by atoms with van der Waals surface area (Å²) in [6.45, 7) is 0.863. The minimum Gasteiger partial charge on any atom is -0.423 e. The Balaban J connectivity index is 1.76. The van der Waals surface area contributed by atoms with Crippen LogP contribution in [0.4, 0.5) is 11.7 Å². The third kappa shape index (κ3) is 2.33. The van der Waals surface area contributed by atoms with E-state index in [4.69, 9.17) is 10.2 Å². The number of benzene rings is 1. The van der Waals surface area contributed by atoms with Crippen molar-refractivity contribution in [2.24, 2.45) is 0 Å². The molecule has 5 nitrogen and oxygen atoms in total. The van der Waals surface area contributed by atoms with Gasteiger partial charge in [-0.05, 0) is 39.1 Å². The number of nitrogens with two attached hydrogens (primary N) is 1. The number of nitrogens with one attached hydrogen (secondary N) is 1. The maximum atomic E-state index is 5.75. The summed E-state index contributed by atoms with van der Waals surface area (Å²) in [5.74, 6) is 0. The Hall–Kier alpha value is -1.75. The third-order valence-corrected chi connectivity index (χ3v) is 4.46. The van der Waals surface area contributed by atoms with Crippen LogP contribution in [0.3, 0.4) is 0 Å². The van der Waals surface area contributed by atoms with Gasteiger partial charge in [0.1, 0.15) is 5.52 Å². The van der Waals surface area contributed by atoms with Crippen molar-refractivity contribution in [3.8, 4) is 0 Å². The molecule has 0 unspecified atom stereocenters. The Labute approximate surface area is 119 Å². The van der Waals surface area contributed by atoms with E-state index < -0.39 is 0 Å². The molecule has 0 saturated heterocycles. The van der Waals surface area contributed by atoms with Gasteiger partial charge in [-0.2, -0.15) is 4.98 Å². The lowest BCUT2D eigenvalue weighted by Gasteiger charge is -2.36. The topological polar surface area (TPSA) is 67.3 Å². The van der Waals surface area contributed by atoms with Crippen molar-refractivity contribution >= 4 is 22.8 Å². The fraction of sp³-hybridized carbons (Fsp3) is 0.533. The molecule has 1 heterocycles. The van der Waals surface area contributed by atoms with E-state index in [0.717, 1.165) is 17.6 Å². The number of anilines is 2. The molecular weight excluding hydrogens is 252 g/mol. The van der Waals surface area contributed by atoms with Gasteiger partial charge in [0.05, 0.1) is 0 Å². The summed E-state index contributed by atoms with van der Waals surface area (Å²) in [6, 6.07) is 6.12. The first kappa shape index (κ1) is 13.2. The molecule has 0 spiro atoms. The monoisotopic (exact) mass is 274 g/mol. The molecule has 3 rings (SSSR count). The normalized spacial score (nSPS) is 17.9. The number of hydrogen-bond donors (Lipinski definition) is 2. The smallest absolute Gasteiger partial charge is 0.295 e. The number of aromatic nitrogens is 1. The molecule has 5 heteroatoms. The molecular formula is C15H22N4O. The van der Waals surface area contributed by atoms with Gasteiger partial charge in [-0.15, -0.1) is 0 Å². The van der Waals surface area contributed by atoms with Crippen LogP contribution in [0.5, 0.6) is 0 Å². The van der Waals surface area contributed by atoms with Crippen LogP contribution < -0.4 is 11.1 Å². The highest BCUT2D eigenvalue weighted by molar-refractivity contribution is 5.78. The van der Waals surface area contributed by atoms with Crippen molar-refractivity contribution in [1.29, 1.82) is 0 Å². The van der Waals surface area contributed by atoms with Gasteiger partial charge >= 0.3 is 0 Å². The van der Waals surface area contributed by atoms with Crippen LogP contribution in [-0.2, 0) is 0 Å². The standard InChI is InChI=1S/C15H22N4O/c1-19(2)15(7-3-4-8-15)10-17-14-18-12-6-5-11(16)9-13(12)20-14/h5-6,9H,3-4,7-8,10,16H2,1-2H3,(H,17,18). The lowest BCUT2D eigenvalue weighted by Crippen LogP contribution is -2.47. The fourth-order valence-corrected chi connectivity index (χ4v) is 3.07. The van der Waals surface area contributed by atoms with E-state index in [1.54, 1.807) is 0 Å². The molecule has 1 aliphatic rings. The number of rotatable bonds is 4. The number of likely N-dealkylation sites (N-methyl/N-ethyl adjacent to an activating group) is 1. The first-order valence-electron chi connectivity index (χ1n) is 7.16. The van der Waals surface area contributed by atoms with E-state index in [2.05, 4.69) is 29.3 Å². The largest absolute Gasteiger partial charge is 0.423 e. The van der Waals surface area contributed by atoms with Crippen LogP contribution in [0.15, 0.2) is 22.6 Å². The van der Waals surface area contributed by atoms with Gasteiger partial charge in [-0.1, -0.05) is 12.8 Å². The Morgan fingerprint density at radius 2 is 2.10 bits per heavy atom. The SMILES string of the molecule is CN(C)C1(CNc2nc3ccc(N)cc3o2)CCCC1. The Morgan fingerprint density at radius 3 is 2.80 bits per heavy atom. The van der Waals surface area contributed by atoms with Crippen molar-refractivity contribution < 1.29 is 4.42 Å². The van der Waals surface area contributed by atoms with Gasteiger partial charge in [0.15, 0.2) is 5.58 Å². The number of hydrogen-bond acceptors (Lipinski definition) is 5. The molecule has 0 bridgehead atoms. The summed E-state index contributed by atoms with van der Waals surface area (Å²) < 4.78 is 5.71. The molecule has 1 aromatic carbocycles. The van der Waals surface area contributed by atoms with Crippen molar-refractivity contribution in [2.45, 2.75) is 31.2 Å². The van der Waals surface area contributed by atoms with Gasteiger partial charge in [0.25, 0.3) is 6.01 Å². The summed E-state index contributed by atoms with van der Waals surface area (Å²) >= 11 is 0. The highest BCUT2D eigenvalue weighted by atomic mass is 16.4. The minimum atomic E-state index is 0.222. The number of oxazole rings is 1. The molecule has 1 aromatic heterocycles. The summed E-state index contributed by atoms with van der Waals surface area (Å²) in [5, 5.41) is 3.36. The van der Waals surface area contributed by atoms with Gasteiger partial charge in [0.2, 0.25) is 0 Å². The quantitative estimate of drug-likeness (QED) is 0.839. The average molecular weight is 274 g/mol. The lowest BCUT2D eigenvalue weighted by atomic mass is 9.96. The van der Waals surface area contributed by atoms with Crippen molar-refractivity contribution in [3.63, 3.8) is 0 Å². The molecule has 1 fully saturated rings. The van der Waals surface area contributed by atoms with E-state index in [1.165, 1.54) is 25.7 Å². The molecule has 0 aliphatic heterocycles. The van der Waals surface area contributed by atoms with Gasteiger partial charge in [-0.25, -0.2) is 0 Å². The Bertz CT molecular complexity index is 599. The molecule has 108 valence electrons. The van der Waals surface area contributed by atoms with Crippen LogP contribution in [0.25, 0.3) is 11.1 Å². The van der Waals surface area contributed by atoms with E-state index >= 15 is 0 Å².